The molecule has 1 heterocycles. The largest absolute Gasteiger partial charge is 0.339 e. The Labute approximate surface area is 103 Å². The summed E-state index contributed by atoms with van der Waals surface area (Å²) in [6.45, 7) is 5.04. The monoisotopic (exact) mass is 237 g/mol. The van der Waals surface area contributed by atoms with Crippen molar-refractivity contribution in [3.05, 3.63) is 11.7 Å². The molecule has 17 heavy (non-hydrogen) atoms. The third-order valence-electron chi connectivity index (χ3n) is 3.79. The topological polar surface area (TPSA) is 64.9 Å². The number of nitrogens with two attached hydrogens (primary N) is 1. The lowest BCUT2D eigenvalue weighted by Crippen LogP contribution is -2.12. The van der Waals surface area contributed by atoms with Gasteiger partial charge in [0.25, 0.3) is 0 Å². The molecule has 0 radical (unpaired) electrons. The molecule has 0 spiro atoms. The van der Waals surface area contributed by atoms with Crippen LogP contribution < -0.4 is 5.73 Å². The molecule has 1 aromatic heterocycles. The Morgan fingerprint density at radius 3 is 2.88 bits per heavy atom. The van der Waals surface area contributed by atoms with Crippen molar-refractivity contribution in [1.82, 2.24) is 10.1 Å². The quantitative estimate of drug-likeness (QED) is 0.855. The van der Waals surface area contributed by atoms with Gasteiger partial charge in [-0.3, -0.25) is 0 Å². The average molecular weight is 237 g/mol. The van der Waals surface area contributed by atoms with Gasteiger partial charge in [0, 0.05) is 12.5 Å². The minimum atomic E-state index is 0.236. The molecule has 0 aromatic carbocycles. The van der Waals surface area contributed by atoms with E-state index in [2.05, 4.69) is 24.0 Å². The van der Waals surface area contributed by atoms with Gasteiger partial charge in [-0.05, 0) is 31.6 Å². The van der Waals surface area contributed by atoms with Crippen molar-refractivity contribution in [2.75, 3.05) is 6.54 Å². The predicted octanol–water partition coefficient (Wildman–Crippen LogP) is 2.82. The lowest BCUT2D eigenvalue weighted by atomic mass is 10.0. The minimum Gasteiger partial charge on any atom is -0.339 e. The van der Waals surface area contributed by atoms with E-state index in [9.17, 15) is 0 Å². The van der Waals surface area contributed by atoms with Crippen LogP contribution in [0.4, 0.5) is 0 Å². The molecule has 1 saturated carbocycles. The second kappa shape index (κ2) is 5.63. The first kappa shape index (κ1) is 12.6. The molecule has 0 bridgehead atoms. The molecule has 4 heteroatoms. The molecule has 2 rings (SSSR count). The Bertz CT molecular complexity index is 332. The number of nitrogens with zero attached hydrogens (tertiary/aromatic N) is 2. The fourth-order valence-corrected chi connectivity index (χ4v) is 2.71. The van der Waals surface area contributed by atoms with Gasteiger partial charge >= 0.3 is 0 Å². The van der Waals surface area contributed by atoms with Crippen molar-refractivity contribution in [3.8, 4) is 0 Å². The molecule has 3 atom stereocenters. The first-order chi connectivity index (χ1) is 8.24. The standard InChI is InChI=1S/C13H23N3O/c1-3-4-11(8-14)13-15-12(16-17-13)10-6-5-9(2)7-10/h9-11H,3-8,14H2,1-2H3. The molecule has 1 aromatic rings. The van der Waals surface area contributed by atoms with Crippen LogP contribution in [0.25, 0.3) is 0 Å². The molecule has 96 valence electrons. The van der Waals surface area contributed by atoms with Crippen molar-refractivity contribution >= 4 is 0 Å². The Hall–Kier alpha value is -0.900. The highest BCUT2D eigenvalue weighted by molar-refractivity contribution is 5.02. The molecule has 1 fully saturated rings. The van der Waals surface area contributed by atoms with E-state index in [4.69, 9.17) is 10.3 Å². The highest BCUT2D eigenvalue weighted by Gasteiger charge is 2.27. The van der Waals surface area contributed by atoms with Crippen molar-refractivity contribution < 1.29 is 4.52 Å². The average Bonchev–Trinajstić information content (AvgIpc) is 2.94. The van der Waals surface area contributed by atoms with Crippen molar-refractivity contribution in [3.63, 3.8) is 0 Å². The van der Waals surface area contributed by atoms with Gasteiger partial charge in [0.2, 0.25) is 5.89 Å². The molecule has 1 aliphatic carbocycles. The zero-order chi connectivity index (χ0) is 12.3. The van der Waals surface area contributed by atoms with Crippen LogP contribution in [0.15, 0.2) is 4.52 Å². The maximum atomic E-state index is 5.75. The lowest BCUT2D eigenvalue weighted by Gasteiger charge is -2.07. The summed E-state index contributed by atoms with van der Waals surface area (Å²) < 4.78 is 5.38. The fraction of sp³-hybridized carbons (Fsp3) is 0.846. The molecular weight excluding hydrogens is 214 g/mol. The number of hydrogen-bond donors (Lipinski definition) is 1. The van der Waals surface area contributed by atoms with Crippen molar-refractivity contribution in [2.24, 2.45) is 11.7 Å². The van der Waals surface area contributed by atoms with Gasteiger partial charge in [0.1, 0.15) is 0 Å². The zero-order valence-electron chi connectivity index (χ0n) is 10.9. The van der Waals surface area contributed by atoms with Gasteiger partial charge in [-0.1, -0.05) is 25.4 Å². The molecule has 3 unspecified atom stereocenters. The minimum absolute atomic E-state index is 0.236. The van der Waals surface area contributed by atoms with Crippen molar-refractivity contribution in [1.29, 1.82) is 0 Å². The summed E-state index contributed by atoms with van der Waals surface area (Å²) in [7, 11) is 0. The van der Waals surface area contributed by atoms with E-state index in [1.165, 1.54) is 19.3 Å². The molecule has 1 aliphatic rings. The third kappa shape index (κ3) is 2.86. The van der Waals surface area contributed by atoms with E-state index in [0.717, 1.165) is 30.5 Å². The Balaban J connectivity index is 2.04. The fourth-order valence-electron chi connectivity index (χ4n) is 2.71. The van der Waals surface area contributed by atoms with E-state index in [-0.39, 0.29) is 5.92 Å². The Kier molecular flexibility index (Phi) is 4.15. The van der Waals surface area contributed by atoms with Gasteiger partial charge < -0.3 is 10.3 Å². The molecule has 4 nitrogen and oxygen atoms in total. The Morgan fingerprint density at radius 2 is 2.29 bits per heavy atom. The molecule has 2 N–H and O–H groups in total. The van der Waals surface area contributed by atoms with Crippen LogP contribution in [0.5, 0.6) is 0 Å². The van der Waals surface area contributed by atoms with Crippen LogP contribution in [-0.2, 0) is 0 Å². The summed E-state index contributed by atoms with van der Waals surface area (Å²) in [6.07, 6.45) is 5.80. The molecular formula is C13H23N3O. The highest BCUT2D eigenvalue weighted by Crippen LogP contribution is 2.36. The van der Waals surface area contributed by atoms with Crippen molar-refractivity contribution in [2.45, 2.75) is 57.8 Å². The summed E-state index contributed by atoms with van der Waals surface area (Å²) in [5.41, 5.74) is 5.75. The van der Waals surface area contributed by atoms with E-state index in [1.807, 2.05) is 0 Å². The maximum Gasteiger partial charge on any atom is 0.231 e. The maximum absolute atomic E-state index is 5.75. The number of hydrogen-bond acceptors (Lipinski definition) is 4. The highest BCUT2D eigenvalue weighted by atomic mass is 16.5. The van der Waals surface area contributed by atoms with Crippen LogP contribution in [-0.4, -0.2) is 16.7 Å². The van der Waals surface area contributed by atoms with E-state index in [0.29, 0.717) is 12.5 Å². The van der Waals surface area contributed by atoms with Crippen LogP contribution in [0.3, 0.4) is 0 Å². The summed E-state index contributed by atoms with van der Waals surface area (Å²) in [4.78, 5) is 4.56. The predicted molar refractivity (Wildman–Crippen MR) is 66.8 cm³/mol. The first-order valence-electron chi connectivity index (χ1n) is 6.78. The van der Waals surface area contributed by atoms with E-state index >= 15 is 0 Å². The van der Waals surface area contributed by atoms with Crippen LogP contribution >= 0.6 is 0 Å². The second-order valence-corrected chi connectivity index (χ2v) is 5.33. The van der Waals surface area contributed by atoms with Gasteiger partial charge in [-0.25, -0.2) is 0 Å². The van der Waals surface area contributed by atoms with Crippen LogP contribution in [0.1, 0.15) is 69.5 Å². The van der Waals surface area contributed by atoms with E-state index < -0.39 is 0 Å². The first-order valence-corrected chi connectivity index (χ1v) is 6.78. The number of rotatable bonds is 5. The number of aromatic nitrogens is 2. The summed E-state index contributed by atoms with van der Waals surface area (Å²) in [6, 6.07) is 0. The van der Waals surface area contributed by atoms with Gasteiger partial charge in [-0.15, -0.1) is 0 Å². The van der Waals surface area contributed by atoms with Crippen LogP contribution in [0.2, 0.25) is 0 Å². The summed E-state index contributed by atoms with van der Waals surface area (Å²) in [5.74, 6) is 3.17. The van der Waals surface area contributed by atoms with Gasteiger partial charge in [0.05, 0.1) is 5.92 Å². The molecule has 0 amide bonds. The Morgan fingerprint density at radius 1 is 1.47 bits per heavy atom. The third-order valence-corrected chi connectivity index (χ3v) is 3.79. The smallest absolute Gasteiger partial charge is 0.231 e. The second-order valence-electron chi connectivity index (χ2n) is 5.33. The van der Waals surface area contributed by atoms with E-state index in [1.54, 1.807) is 0 Å². The zero-order valence-corrected chi connectivity index (χ0v) is 10.9. The van der Waals surface area contributed by atoms with Gasteiger partial charge in [-0.2, -0.15) is 4.98 Å². The van der Waals surface area contributed by atoms with Crippen LogP contribution in [0, 0.1) is 5.92 Å². The molecule has 0 aliphatic heterocycles. The SMILES string of the molecule is CCCC(CN)c1nc(C2CCC(C)C2)no1. The lowest BCUT2D eigenvalue weighted by molar-refractivity contribution is 0.341. The molecule has 0 saturated heterocycles. The van der Waals surface area contributed by atoms with Gasteiger partial charge in [0.15, 0.2) is 5.82 Å². The summed E-state index contributed by atoms with van der Waals surface area (Å²) >= 11 is 0. The normalized spacial score (nSPS) is 26.3. The summed E-state index contributed by atoms with van der Waals surface area (Å²) in [5, 5.41) is 4.14.